The van der Waals surface area contributed by atoms with Crippen LogP contribution in [0.1, 0.15) is 56.2 Å². The molecule has 5 rings (SSSR count). The maximum absolute atomic E-state index is 14.6. The molecule has 0 aromatic heterocycles. The Morgan fingerprint density at radius 3 is 2.23 bits per heavy atom. The number of rotatable bonds is 8. The lowest BCUT2D eigenvalue weighted by Crippen LogP contribution is -2.77. The molecule has 2 aromatic carbocycles. The summed E-state index contributed by atoms with van der Waals surface area (Å²) in [5.74, 6) is -1.08. The number of benzene rings is 2. The van der Waals surface area contributed by atoms with E-state index < -0.39 is 22.7 Å². The van der Waals surface area contributed by atoms with Crippen molar-refractivity contribution < 1.29 is 24.0 Å². The number of carbonyl (C=O) groups excluding carboxylic acids is 2. The van der Waals surface area contributed by atoms with Crippen molar-refractivity contribution in [1.29, 1.82) is 0 Å². The topological polar surface area (TPSA) is 86.7 Å². The van der Waals surface area contributed by atoms with Gasteiger partial charge < -0.3 is 15.3 Å². The van der Waals surface area contributed by atoms with Crippen LogP contribution < -0.4 is 5.32 Å². The van der Waals surface area contributed by atoms with E-state index >= 15 is 0 Å². The molecular weight excluding hydrogens is 522 g/mol. The average Bonchev–Trinajstić information content (AvgIpc) is 3.38. The molecule has 0 radical (unpaired) electrons. The molecule has 2 fully saturated rings. The minimum Gasteiger partial charge on any atom is -0.435 e. The molecule has 2 N–H and O–H groups in total. The molecule has 1 unspecified atom stereocenters. The van der Waals surface area contributed by atoms with Crippen LogP contribution in [0.4, 0.5) is 4.79 Å². The molecule has 214 valence electrons. The number of imide groups is 1. The Kier molecular flexibility index (Phi) is 8.69. The van der Waals surface area contributed by atoms with E-state index in [1.54, 1.807) is 11.8 Å². The Hall–Kier alpha value is -2.68. The molecule has 3 amide bonds. The standard InChI is InChI=1S/C32H41N3O4S/c1-4-21(5-2)29-30(36)33-28(25-18-22-10-6-7-11-23(22)19-25)31(37)35(29,32(38)39)20-24-12-8-9-13-27(24)40-26-14-16-34(3)17-15-26/h6-13,21,25-26,28-29H,4-5,14-20H2,1-3H3,(H-,33,36,38,39)/p+1/t28-,29-,35?/m1/s1. The van der Waals surface area contributed by atoms with Crippen molar-refractivity contribution in [2.24, 2.45) is 11.8 Å². The lowest BCUT2D eigenvalue weighted by atomic mass is 9.83. The van der Waals surface area contributed by atoms with Gasteiger partial charge in [0.25, 0.3) is 5.91 Å². The van der Waals surface area contributed by atoms with Crippen molar-refractivity contribution in [3.63, 3.8) is 0 Å². The largest absolute Gasteiger partial charge is 0.522 e. The van der Waals surface area contributed by atoms with Gasteiger partial charge >= 0.3 is 12.0 Å². The second-order valence-corrected chi connectivity index (χ2v) is 13.2. The van der Waals surface area contributed by atoms with Crippen LogP contribution in [-0.4, -0.2) is 69.9 Å². The molecule has 40 heavy (non-hydrogen) atoms. The molecule has 2 aliphatic heterocycles. The van der Waals surface area contributed by atoms with Gasteiger partial charge in [0.15, 0.2) is 6.04 Å². The molecule has 8 heteroatoms. The van der Waals surface area contributed by atoms with Crippen molar-refractivity contribution in [2.75, 3.05) is 20.1 Å². The van der Waals surface area contributed by atoms with Gasteiger partial charge in [-0.25, -0.2) is 4.79 Å². The van der Waals surface area contributed by atoms with Gasteiger partial charge in [-0.15, -0.1) is 16.2 Å². The summed E-state index contributed by atoms with van der Waals surface area (Å²) < 4.78 is -0.860. The van der Waals surface area contributed by atoms with E-state index in [1.165, 1.54) is 11.1 Å². The van der Waals surface area contributed by atoms with E-state index in [0.717, 1.165) is 36.4 Å². The van der Waals surface area contributed by atoms with Crippen molar-refractivity contribution in [3.05, 3.63) is 65.2 Å². The van der Waals surface area contributed by atoms with Gasteiger partial charge in [0.2, 0.25) is 0 Å². The minimum atomic E-state index is -1.23. The Morgan fingerprint density at radius 1 is 1.02 bits per heavy atom. The van der Waals surface area contributed by atoms with Crippen LogP contribution in [0.5, 0.6) is 0 Å². The van der Waals surface area contributed by atoms with Gasteiger partial charge in [0.05, 0.1) is 0 Å². The van der Waals surface area contributed by atoms with E-state index in [9.17, 15) is 19.5 Å². The first kappa shape index (κ1) is 28.8. The van der Waals surface area contributed by atoms with Crippen molar-refractivity contribution in [3.8, 4) is 0 Å². The monoisotopic (exact) mass is 564 g/mol. The molecular formula is C32H42N3O4S+. The van der Waals surface area contributed by atoms with Gasteiger partial charge in [-0.1, -0.05) is 56.3 Å². The summed E-state index contributed by atoms with van der Waals surface area (Å²) in [4.78, 5) is 45.4. The number of carbonyl (C=O) groups is 3. The number of hydrogen-bond donors (Lipinski definition) is 2. The van der Waals surface area contributed by atoms with Crippen LogP contribution in [0.3, 0.4) is 0 Å². The zero-order valence-electron chi connectivity index (χ0n) is 23.8. The molecule has 3 atom stereocenters. The van der Waals surface area contributed by atoms with E-state index in [-0.39, 0.29) is 30.2 Å². The van der Waals surface area contributed by atoms with E-state index in [1.807, 2.05) is 50.2 Å². The summed E-state index contributed by atoms with van der Waals surface area (Å²) >= 11 is 1.79. The predicted octanol–water partition coefficient (Wildman–Crippen LogP) is 5.11. The summed E-state index contributed by atoms with van der Waals surface area (Å²) in [5.41, 5.74) is 3.18. The van der Waals surface area contributed by atoms with Crippen LogP contribution in [0.25, 0.3) is 0 Å². The average molecular weight is 565 g/mol. The summed E-state index contributed by atoms with van der Waals surface area (Å²) in [6, 6.07) is 14.2. The Balaban J connectivity index is 1.53. The normalized spacial score (nSPS) is 26.2. The van der Waals surface area contributed by atoms with Gasteiger partial charge in [0, 0.05) is 27.5 Å². The number of piperidine rings is 1. The number of nitrogens with zero attached hydrogens (tertiary/aromatic N) is 2. The number of nitrogens with one attached hydrogen (secondary N) is 1. The molecule has 2 saturated heterocycles. The highest BCUT2D eigenvalue weighted by Crippen LogP contribution is 2.40. The number of hydrogen-bond acceptors (Lipinski definition) is 5. The molecule has 0 spiro atoms. The van der Waals surface area contributed by atoms with E-state index in [2.05, 4.69) is 29.4 Å². The third-order valence-electron chi connectivity index (χ3n) is 9.44. The van der Waals surface area contributed by atoms with Crippen LogP contribution in [0.2, 0.25) is 0 Å². The van der Waals surface area contributed by atoms with Crippen LogP contribution in [-0.2, 0) is 29.0 Å². The molecule has 3 aliphatic rings. The maximum atomic E-state index is 14.6. The number of likely N-dealkylation sites (tertiary alicyclic amines) is 1. The molecule has 0 saturated carbocycles. The fraction of sp³-hybridized carbons (Fsp3) is 0.531. The number of fused-ring (bicyclic) bond motifs is 1. The van der Waals surface area contributed by atoms with Crippen LogP contribution in [0.15, 0.2) is 53.4 Å². The highest BCUT2D eigenvalue weighted by Gasteiger charge is 2.64. The lowest BCUT2D eigenvalue weighted by Gasteiger charge is -2.46. The molecule has 2 aromatic rings. The minimum absolute atomic E-state index is 0.0191. The van der Waals surface area contributed by atoms with Gasteiger partial charge in [-0.2, -0.15) is 4.79 Å². The fourth-order valence-electron chi connectivity index (χ4n) is 7.10. The molecule has 7 nitrogen and oxygen atoms in total. The van der Waals surface area contributed by atoms with Gasteiger partial charge in [-0.05, 0) is 75.9 Å². The molecule has 2 heterocycles. The SMILES string of the molecule is CCC(CC)[C@@H]1C(=O)N[C@H](C2Cc3ccccc3C2)C(=O)[N+]1(Cc1ccccc1SC1CCN(C)CC1)C(=O)O. The number of carboxylic acid groups (broad SMARTS) is 1. The number of thioether (sulfide) groups is 1. The first-order chi connectivity index (χ1) is 19.3. The third kappa shape index (κ3) is 5.33. The smallest absolute Gasteiger partial charge is 0.435 e. The van der Waals surface area contributed by atoms with E-state index in [4.69, 9.17) is 0 Å². The second-order valence-electron chi connectivity index (χ2n) is 11.8. The fourth-order valence-corrected chi connectivity index (χ4v) is 8.35. The van der Waals surface area contributed by atoms with Crippen molar-refractivity contribution in [2.45, 2.75) is 81.1 Å². The molecule has 0 bridgehead atoms. The lowest BCUT2D eigenvalue weighted by molar-refractivity contribution is -0.820. The first-order valence-electron chi connectivity index (χ1n) is 14.7. The predicted molar refractivity (Wildman–Crippen MR) is 157 cm³/mol. The first-order valence-corrected chi connectivity index (χ1v) is 15.6. The highest BCUT2D eigenvalue weighted by molar-refractivity contribution is 8.00. The number of amides is 3. The van der Waals surface area contributed by atoms with Gasteiger partial charge in [0.1, 0.15) is 12.6 Å². The summed E-state index contributed by atoms with van der Waals surface area (Å²) in [6.07, 6.45) is 3.47. The zero-order chi connectivity index (χ0) is 28.4. The Morgan fingerprint density at radius 2 is 1.62 bits per heavy atom. The number of piperazine rings is 1. The summed E-state index contributed by atoms with van der Waals surface area (Å²) in [7, 11) is 2.14. The quantitative estimate of drug-likeness (QED) is 0.434. The van der Waals surface area contributed by atoms with Gasteiger partial charge in [-0.3, -0.25) is 4.79 Å². The molecule has 1 aliphatic carbocycles. The van der Waals surface area contributed by atoms with E-state index in [0.29, 0.717) is 30.9 Å². The number of quaternary nitrogens is 1. The highest BCUT2D eigenvalue weighted by atomic mass is 32.2. The second kappa shape index (κ2) is 12.0. The zero-order valence-corrected chi connectivity index (χ0v) is 24.7. The van der Waals surface area contributed by atoms with Crippen molar-refractivity contribution in [1.82, 2.24) is 10.2 Å². The maximum Gasteiger partial charge on any atom is 0.522 e. The van der Waals surface area contributed by atoms with Crippen molar-refractivity contribution >= 4 is 29.7 Å². The van der Waals surface area contributed by atoms with Crippen LogP contribution in [0, 0.1) is 11.8 Å². The summed E-state index contributed by atoms with van der Waals surface area (Å²) in [5, 5.41) is 14.5. The summed E-state index contributed by atoms with van der Waals surface area (Å²) in [6.45, 7) is 6.01. The Labute approximate surface area is 241 Å². The third-order valence-corrected chi connectivity index (χ3v) is 10.9. The van der Waals surface area contributed by atoms with Crippen LogP contribution >= 0.6 is 11.8 Å². The Bertz CT molecular complexity index is 1230.